The van der Waals surface area contributed by atoms with Crippen LogP contribution in [0.1, 0.15) is 32.3 Å². The van der Waals surface area contributed by atoms with Gasteiger partial charge in [0.05, 0.1) is 18.2 Å². The Morgan fingerprint density at radius 1 is 1.24 bits per heavy atom. The quantitative estimate of drug-likeness (QED) is 0.649. The predicted molar refractivity (Wildman–Crippen MR) is 89.3 cm³/mol. The van der Waals surface area contributed by atoms with Crippen LogP contribution in [0.15, 0.2) is 16.6 Å². The van der Waals surface area contributed by atoms with E-state index in [9.17, 15) is 0 Å². The van der Waals surface area contributed by atoms with E-state index in [1.54, 1.807) is 7.11 Å². The van der Waals surface area contributed by atoms with Crippen LogP contribution in [0, 0.1) is 0 Å². The minimum Gasteiger partial charge on any atom is -0.493 e. The summed E-state index contributed by atoms with van der Waals surface area (Å²) in [4.78, 5) is 0. The van der Waals surface area contributed by atoms with Crippen molar-refractivity contribution < 1.29 is 14.2 Å². The molecule has 5 heteroatoms. The first-order chi connectivity index (χ1) is 10.1. The van der Waals surface area contributed by atoms with E-state index in [0.29, 0.717) is 13.2 Å². The number of hydrogen-bond donors (Lipinski definition) is 1. The lowest BCUT2D eigenvalue weighted by Crippen LogP contribution is -2.21. The van der Waals surface area contributed by atoms with Gasteiger partial charge < -0.3 is 19.9 Å². The predicted octanol–water partition coefficient (Wildman–Crippen LogP) is 3.54. The van der Waals surface area contributed by atoms with Gasteiger partial charge in [0.25, 0.3) is 0 Å². The Morgan fingerprint density at radius 3 is 2.62 bits per heavy atom. The zero-order chi connectivity index (χ0) is 15.7. The fourth-order valence-corrected chi connectivity index (χ4v) is 2.56. The van der Waals surface area contributed by atoms with E-state index in [-0.39, 0.29) is 6.04 Å². The van der Waals surface area contributed by atoms with Gasteiger partial charge in [0.1, 0.15) is 0 Å². The molecule has 0 bridgehead atoms. The van der Waals surface area contributed by atoms with E-state index in [0.717, 1.165) is 47.4 Å². The summed E-state index contributed by atoms with van der Waals surface area (Å²) in [5.74, 6) is 1.47. The number of rotatable bonds is 10. The summed E-state index contributed by atoms with van der Waals surface area (Å²) < 4.78 is 17.4. The number of hydrogen-bond acceptors (Lipinski definition) is 4. The van der Waals surface area contributed by atoms with Crippen LogP contribution in [0.2, 0.25) is 0 Å². The topological polar surface area (TPSA) is 53.7 Å². The highest BCUT2D eigenvalue weighted by Crippen LogP contribution is 2.37. The molecule has 0 saturated carbocycles. The zero-order valence-electron chi connectivity index (χ0n) is 13.2. The standard InChI is InChI=1S/C16H26BrNO3/c1-4-13(18)9-12-10-14(17)16(15(11-12)19-3)21-8-6-7-20-5-2/h10-11,13H,4-9,18H2,1-3H3. The fraction of sp³-hybridized carbons (Fsp3) is 0.625. The van der Waals surface area contributed by atoms with Crippen LogP contribution < -0.4 is 15.2 Å². The van der Waals surface area contributed by atoms with E-state index < -0.39 is 0 Å². The number of nitrogens with two attached hydrogens (primary N) is 1. The Hall–Kier alpha value is -0.780. The molecule has 21 heavy (non-hydrogen) atoms. The summed E-state index contributed by atoms with van der Waals surface area (Å²) in [6, 6.07) is 4.22. The average molecular weight is 360 g/mol. The third kappa shape index (κ3) is 6.24. The third-order valence-electron chi connectivity index (χ3n) is 3.20. The van der Waals surface area contributed by atoms with Crippen LogP contribution in [0.4, 0.5) is 0 Å². The molecular formula is C16H26BrNO3. The first-order valence-electron chi connectivity index (χ1n) is 7.44. The maximum absolute atomic E-state index is 6.01. The largest absolute Gasteiger partial charge is 0.493 e. The van der Waals surface area contributed by atoms with Gasteiger partial charge >= 0.3 is 0 Å². The molecule has 2 N–H and O–H groups in total. The molecular weight excluding hydrogens is 334 g/mol. The van der Waals surface area contributed by atoms with Gasteiger partial charge in [-0.1, -0.05) is 6.92 Å². The van der Waals surface area contributed by atoms with E-state index >= 15 is 0 Å². The van der Waals surface area contributed by atoms with Gasteiger partial charge in [-0.25, -0.2) is 0 Å². The van der Waals surface area contributed by atoms with Crippen LogP contribution in [0.5, 0.6) is 11.5 Å². The van der Waals surface area contributed by atoms with E-state index in [1.807, 2.05) is 13.0 Å². The first-order valence-corrected chi connectivity index (χ1v) is 8.24. The van der Waals surface area contributed by atoms with Crippen LogP contribution >= 0.6 is 15.9 Å². The van der Waals surface area contributed by atoms with Gasteiger partial charge in [0, 0.05) is 25.7 Å². The fourth-order valence-electron chi connectivity index (χ4n) is 1.96. The summed E-state index contributed by atoms with van der Waals surface area (Å²) >= 11 is 3.56. The molecule has 0 saturated heterocycles. The highest BCUT2D eigenvalue weighted by atomic mass is 79.9. The molecule has 1 atom stereocenters. The summed E-state index contributed by atoms with van der Waals surface area (Å²) in [7, 11) is 1.65. The summed E-state index contributed by atoms with van der Waals surface area (Å²) in [6.07, 6.45) is 2.64. The van der Waals surface area contributed by atoms with Gasteiger partial charge in [0.15, 0.2) is 11.5 Å². The number of benzene rings is 1. The van der Waals surface area contributed by atoms with Gasteiger partial charge in [0.2, 0.25) is 0 Å². The molecule has 0 fully saturated rings. The van der Waals surface area contributed by atoms with Crippen molar-refractivity contribution in [2.45, 2.75) is 39.2 Å². The molecule has 0 spiro atoms. The molecule has 120 valence electrons. The third-order valence-corrected chi connectivity index (χ3v) is 3.78. The second-order valence-electron chi connectivity index (χ2n) is 4.88. The smallest absolute Gasteiger partial charge is 0.175 e. The minimum atomic E-state index is 0.166. The van der Waals surface area contributed by atoms with Crippen molar-refractivity contribution in [2.75, 3.05) is 26.9 Å². The van der Waals surface area contributed by atoms with Gasteiger partial charge in [-0.05, 0) is 53.4 Å². The van der Waals surface area contributed by atoms with Crippen LogP contribution in [0.25, 0.3) is 0 Å². The van der Waals surface area contributed by atoms with Crippen molar-refractivity contribution in [3.63, 3.8) is 0 Å². The highest BCUT2D eigenvalue weighted by molar-refractivity contribution is 9.10. The number of ether oxygens (including phenoxy) is 3. The lowest BCUT2D eigenvalue weighted by molar-refractivity contribution is 0.130. The van der Waals surface area contributed by atoms with E-state index in [4.69, 9.17) is 19.9 Å². The first kappa shape index (κ1) is 18.3. The van der Waals surface area contributed by atoms with Crippen molar-refractivity contribution in [3.05, 3.63) is 22.2 Å². The lowest BCUT2D eigenvalue weighted by Gasteiger charge is -2.16. The number of halogens is 1. The van der Waals surface area contributed by atoms with Crippen molar-refractivity contribution in [1.82, 2.24) is 0 Å². The van der Waals surface area contributed by atoms with Gasteiger partial charge in [-0.15, -0.1) is 0 Å². The van der Waals surface area contributed by atoms with Crippen LogP contribution in [-0.2, 0) is 11.2 Å². The molecule has 0 aliphatic heterocycles. The van der Waals surface area contributed by atoms with Crippen molar-refractivity contribution in [2.24, 2.45) is 5.73 Å². The molecule has 0 radical (unpaired) electrons. The highest BCUT2D eigenvalue weighted by Gasteiger charge is 2.13. The monoisotopic (exact) mass is 359 g/mol. The molecule has 0 amide bonds. The molecule has 1 aromatic rings. The SMILES string of the molecule is CCOCCCOc1c(Br)cc(CC(N)CC)cc1OC. The van der Waals surface area contributed by atoms with E-state index in [1.165, 1.54) is 0 Å². The Balaban J connectivity index is 2.70. The molecule has 1 rings (SSSR count). The minimum absolute atomic E-state index is 0.166. The van der Waals surface area contributed by atoms with Gasteiger partial charge in [-0.3, -0.25) is 0 Å². The van der Waals surface area contributed by atoms with Crippen molar-refractivity contribution >= 4 is 15.9 Å². The molecule has 0 heterocycles. The summed E-state index contributed by atoms with van der Waals surface area (Å²) in [6.45, 7) is 6.12. The van der Waals surface area contributed by atoms with Crippen molar-refractivity contribution in [3.8, 4) is 11.5 Å². The van der Waals surface area contributed by atoms with Crippen LogP contribution in [-0.4, -0.2) is 33.0 Å². The molecule has 4 nitrogen and oxygen atoms in total. The Kier molecular flexibility index (Phi) is 8.73. The molecule has 0 aliphatic rings. The second kappa shape index (κ2) is 10.0. The Morgan fingerprint density at radius 2 is 2.00 bits per heavy atom. The summed E-state index contributed by atoms with van der Waals surface area (Å²) in [5.41, 5.74) is 7.16. The average Bonchev–Trinajstić information content (AvgIpc) is 2.48. The van der Waals surface area contributed by atoms with Crippen molar-refractivity contribution in [1.29, 1.82) is 0 Å². The number of methoxy groups -OCH3 is 1. The maximum Gasteiger partial charge on any atom is 0.175 e. The zero-order valence-corrected chi connectivity index (χ0v) is 14.7. The molecule has 1 unspecified atom stereocenters. The normalized spacial score (nSPS) is 12.2. The molecule has 0 aliphatic carbocycles. The molecule has 0 aromatic heterocycles. The van der Waals surface area contributed by atoms with E-state index in [2.05, 4.69) is 28.9 Å². The van der Waals surface area contributed by atoms with Crippen LogP contribution in [0.3, 0.4) is 0 Å². The second-order valence-corrected chi connectivity index (χ2v) is 5.73. The summed E-state index contributed by atoms with van der Waals surface area (Å²) in [5, 5.41) is 0. The lowest BCUT2D eigenvalue weighted by atomic mass is 10.0. The van der Waals surface area contributed by atoms with Gasteiger partial charge in [-0.2, -0.15) is 0 Å². The maximum atomic E-state index is 6.01. The molecule has 1 aromatic carbocycles. The Labute approximate surface area is 136 Å². The Bertz CT molecular complexity index is 426.